The summed E-state index contributed by atoms with van der Waals surface area (Å²) < 4.78 is 39.2. The maximum Gasteiger partial charge on any atom is 0.433 e. The van der Waals surface area contributed by atoms with Gasteiger partial charge in [-0.15, -0.1) is 0 Å². The quantitative estimate of drug-likeness (QED) is 0.686. The van der Waals surface area contributed by atoms with E-state index in [1.165, 1.54) is 18.0 Å². The van der Waals surface area contributed by atoms with E-state index in [-0.39, 0.29) is 6.42 Å². The average molecular weight is 348 g/mol. The molecule has 0 saturated heterocycles. The van der Waals surface area contributed by atoms with Gasteiger partial charge in [-0.25, -0.2) is 4.79 Å². The first kappa shape index (κ1) is 17.4. The van der Waals surface area contributed by atoms with Crippen LogP contribution in [0.3, 0.4) is 0 Å². The third kappa shape index (κ3) is 5.64. The van der Waals surface area contributed by atoms with Gasteiger partial charge in [-0.2, -0.15) is 17.6 Å². The third-order valence-electron chi connectivity index (χ3n) is 3.08. The van der Waals surface area contributed by atoms with Crippen LogP contribution in [0.4, 0.5) is 18.0 Å². The molecule has 6 nitrogen and oxygen atoms in total. The number of hydrogen-bond donors (Lipinski definition) is 3. The van der Waals surface area contributed by atoms with Crippen LogP contribution in [0.2, 0.25) is 0 Å². The molecular weight excluding hydrogens is 333 g/mol. The van der Waals surface area contributed by atoms with Gasteiger partial charge in [-0.1, -0.05) is 6.07 Å². The highest BCUT2D eigenvalue weighted by Gasteiger charge is 2.32. The van der Waals surface area contributed by atoms with Gasteiger partial charge >= 0.3 is 12.3 Å². The normalized spacial score (nSPS) is 16.1. The topological polar surface area (TPSA) is 77.5 Å². The maximum absolute atomic E-state index is 12.5. The number of halogens is 3. The minimum atomic E-state index is -4.48. The summed E-state index contributed by atoms with van der Waals surface area (Å²) in [5, 5.41) is 13.1. The van der Waals surface area contributed by atoms with Crippen molar-refractivity contribution in [2.45, 2.75) is 25.1 Å². The second kappa shape index (κ2) is 7.55. The summed E-state index contributed by atoms with van der Waals surface area (Å²) in [4.78, 5) is 14.2. The molecule has 1 atom stereocenters. The minimum Gasteiger partial charge on any atom is -0.465 e. The fraction of sp³-hybridized carbons (Fsp3) is 0.385. The lowest BCUT2D eigenvalue weighted by molar-refractivity contribution is -0.141. The summed E-state index contributed by atoms with van der Waals surface area (Å²) in [5.74, 6) is 0. The zero-order chi connectivity index (χ0) is 16.9. The van der Waals surface area contributed by atoms with E-state index in [1.807, 2.05) is 9.82 Å². The van der Waals surface area contributed by atoms with Gasteiger partial charge in [-0.05, 0) is 36.4 Å². The summed E-state index contributed by atoms with van der Waals surface area (Å²) >= 11 is 1.44. The van der Waals surface area contributed by atoms with Gasteiger partial charge in [0.05, 0.1) is 0 Å². The van der Waals surface area contributed by atoms with Crippen LogP contribution >= 0.6 is 11.9 Å². The van der Waals surface area contributed by atoms with E-state index in [9.17, 15) is 18.0 Å². The van der Waals surface area contributed by atoms with Crippen molar-refractivity contribution in [2.24, 2.45) is 0 Å². The molecule has 1 unspecified atom stereocenters. The molecule has 10 heteroatoms. The van der Waals surface area contributed by atoms with Crippen LogP contribution in [0.5, 0.6) is 0 Å². The Morgan fingerprint density at radius 2 is 2.26 bits per heavy atom. The number of aromatic nitrogens is 1. The molecular formula is C13H15F3N4O2S. The van der Waals surface area contributed by atoms with Crippen LogP contribution in [0.15, 0.2) is 29.9 Å². The van der Waals surface area contributed by atoms with Crippen molar-refractivity contribution in [3.63, 3.8) is 0 Å². The van der Waals surface area contributed by atoms with E-state index in [0.29, 0.717) is 18.5 Å². The van der Waals surface area contributed by atoms with Gasteiger partial charge in [0.1, 0.15) is 5.69 Å². The zero-order valence-electron chi connectivity index (χ0n) is 11.9. The van der Waals surface area contributed by atoms with Crippen molar-refractivity contribution in [1.82, 2.24) is 20.1 Å². The molecule has 1 amide bonds. The molecule has 1 aliphatic rings. The highest BCUT2D eigenvalue weighted by atomic mass is 32.2. The molecule has 0 spiro atoms. The molecule has 1 aliphatic heterocycles. The lowest BCUT2D eigenvalue weighted by Crippen LogP contribution is -2.38. The number of hydrazine groups is 1. The number of pyridine rings is 1. The Morgan fingerprint density at radius 1 is 1.48 bits per heavy atom. The van der Waals surface area contributed by atoms with E-state index in [0.717, 1.165) is 12.3 Å². The Morgan fingerprint density at radius 3 is 2.78 bits per heavy atom. The van der Waals surface area contributed by atoms with Crippen molar-refractivity contribution in [2.75, 3.05) is 6.54 Å². The third-order valence-corrected chi connectivity index (χ3v) is 3.88. The number of nitrogens with one attached hydrogen (secondary N) is 2. The number of rotatable bonds is 6. The number of hydrogen-bond acceptors (Lipinski definition) is 5. The number of alkyl halides is 3. The Balaban J connectivity index is 1.94. The van der Waals surface area contributed by atoms with Gasteiger partial charge < -0.3 is 15.8 Å². The van der Waals surface area contributed by atoms with Crippen molar-refractivity contribution in [3.05, 3.63) is 41.2 Å². The first-order chi connectivity index (χ1) is 10.8. The first-order valence-corrected chi connectivity index (χ1v) is 7.55. The number of carboxylic acid groups (broad SMARTS) is 1. The van der Waals surface area contributed by atoms with Gasteiger partial charge in [0.15, 0.2) is 0 Å². The summed E-state index contributed by atoms with van der Waals surface area (Å²) in [6.07, 6.45) is -2.01. The second-order valence-electron chi connectivity index (χ2n) is 4.83. The van der Waals surface area contributed by atoms with Crippen LogP contribution < -0.4 is 10.7 Å². The smallest absolute Gasteiger partial charge is 0.433 e. The zero-order valence-corrected chi connectivity index (χ0v) is 12.7. The van der Waals surface area contributed by atoms with Gasteiger partial charge in [0.25, 0.3) is 0 Å². The van der Waals surface area contributed by atoms with E-state index >= 15 is 0 Å². The molecule has 0 saturated carbocycles. The fourth-order valence-electron chi connectivity index (χ4n) is 2.04. The highest BCUT2D eigenvalue weighted by Crippen LogP contribution is 2.27. The SMILES string of the molecule is O=C(O)NC(CCN1NC=CS1)Cc1ccc(C(F)(F)F)nc1. The summed E-state index contributed by atoms with van der Waals surface area (Å²) in [5.41, 5.74) is 2.53. The summed E-state index contributed by atoms with van der Waals surface area (Å²) in [6.45, 7) is 0.566. The van der Waals surface area contributed by atoms with Gasteiger partial charge in [-0.3, -0.25) is 4.98 Å². The first-order valence-electron chi connectivity index (χ1n) is 6.71. The van der Waals surface area contributed by atoms with E-state index in [4.69, 9.17) is 5.11 Å². The molecule has 0 bridgehead atoms. The highest BCUT2D eigenvalue weighted by molar-refractivity contribution is 8.00. The number of amides is 1. The molecule has 0 aliphatic carbocycles. The fourth-order valence-corrected chi connectivity index (χ4v) is 2.64. The summed E-state index contributed by atoms with van der Waals surface area (Å²) in [7, 11) is 0. The van der Waals surface area contributed by atoms with Gasteiger partial charge in [0.2, 0.25) is 0 Å². The summed E-state index contributed by atoms with van der Waals surface area (Å²) in [6, 6.07) is 1.79. The minimum absolute atomic E-state index is 0.267. The molecule has 2 rings (SSSR count). The average Bonchev–Trinajstić information content (AvgIpc) is 2.97. The van der Waals surface area contributed by atoms with Gasteiger partial charge in [0, 0.05) is 30.4 Å². The Hall–Kier alpha value is -1.94. The molecule has 2 heterocycles. The molecule has 0 radical (unpaired) electrons. The molecule has 1 aromatic rings. The molecule has 23 heavy (non-hydrogen) atoms. The molecule has 0 fully saturated rings. The van der Waals surface area contributed by atoms with E-state index in [1.54, 1.807) is 6.20 Å². The molecule has 3 N–H and O–H groups in total. The number of carbonyl (C=O) groups is 1. The van der Waals surface area contributed by atoms with Crippen molar-refractivity contribution >= 4 is 18.0 Å². The van der Waals surface area contributed by atoms with Crippen LogP contribution in [0.1, 0.15) is 17.7 Å². The van der Waals surface area contributed by atoms with Crippen LogP contribution in [0, 0.1) is 0 Å². The molecule has 126 valence electrons. The Kier molecular flexibility index (Phi) is 5.72. The van der Waals surface area contributed by atoms with Crippen molar-refractivity contribution in [3.8, 4) is 0 Å². The monoisotopic (exact) mass is 348 g/mol. The van der Waals surface area contributed by atoms with Crippen LogP contribution in [-0.4, -0.2) is 33.2 Å². The number of nitrogens with zero attached hydrogens (tertiary/aromatic N) is 2. The maximum atomic E-state index is 12.5. The van der Waals surface area contributed by atoms with Crippen molar-refractivity contribution in [1.29, 1.82) is 0 Å². The van der Waals surface area contributed by atoms with E-state index in [2.05, 4.69) is 15.7 Å². The van der Waals surface area contributed by atoms with Crippen molar-refractivity contribution < 1.29 is 23.1 Å². The Labute approximate surface area is 134 Å². The van der Waals surface area contributed by atoms with Crippen LogP contribution in [0.25, 0.3) is 0 Å². The predicted octanol–water partition coefficient (Wildman–Crippen LogP) is 2.61. The van der Waals surface area contributed by atoms with Crippen LogP contribution in [-0.2, 0) is 12.6 Å². The Bertz CT molecular complexity index is 557. The standard InChI is InChI=1S/C13H15F3N4O2S/c14-13(15,16)11-2-1-9(8-17-11)7-10(19-12(21)22)3-5-20-18-4-6-23-20/h1-2,4,6,8,10,18-19H,3,5,7H2,(H,21,22). The second-order valence-corrected chi connectivity index (χ2v) is 5.75. The molecule has 0 aromatic carbocycles. The van der Waals surface area contributed by atoms with E-state index < -0.39 is 24.0 Å². The predicted molar refractivity (Wildman–Crippen MR) is 79.1 cm³/mol. The lowest BCUT2D eigenvalue weighted by Gasteiger charge is -2.20. The lowest BCUT2D eigenvalue weighted by atomic mass is 10.0. The molecule has 1 aromatic heterocycles. The largest absolute Gasteiger partial charge is 0.465 e.